The van der Waals surface area contributed by atoms with E-state index in [1.807, 2.05) is 0 Å². The molecule has 2 rings (SSSR count). The summed E-state index contributed by atoms with van der Waals surface area (Å²) < 4.78 is 43.7. The summed E-state index contributed by atoms with van der Waals surface area (Å²) >= 11 is 0. The summed E-state index contributed by atoms with van der Waals surface area (Å²) in [4.78, 5) is 37.4. The van der Waals surface area contributed by atoms with E-state index in [-0.39, 0.29) is 24.7 Å². The summed E-state index contributed by atoms with van der Waals surface area (Å²) in [5.41, 5.74) is -1.65. The molecule has 1 saturated heterocycles. The van der Waals surface area contributed by atoms with Crippen molar-refractivity contribution < 1.29 is 32.4 Å². The third-order valence-corrected chi connectivity index (χ3v) is 4.75. The highest BCUT2D eigenvalue weighted by Gasteiger charge is 2.35. The van der Waals surface area contributed by atoms with E-state index in [0.29, 0.717) is 18.9 Å². The number of carbonyl (C=O) groups is 2. The van der Waals surface area contributed by atoms with Crippen LogP contribution in [0.25, 0.3) is 0 Å². The summed E-state index contributed by atoms with van der Waals surface area (Å²) in [6.07, 6.45) is -4.99. The van der Waals surface area contributed by atoms with Gasteiger partial charge in [0.05, 0.1) is 16.4 Å². The number of halogens is 3. The van der Waals surface area contributed by atoms with Crippen molar-refractivity contribution in [2.75, 3.05) is 32.1 Å². The molecule has 1 fully saturated rings. The van der Waals surface area contributed by atoms with Crippen molar-refractivity contribution in [3.8, 4) is 0 Å². The minimum absolute atomic E-state index is 0.0750. The first-order chi connectivity index (χ1) is 13.4. The van der Waals surface area contributed by atoms with Crippen molar-refractivity contribution in [1.29, 1.82) is 0 Å². The van der Waals surface area contributed by atoms with Gasteiger partial charge in [0.25, 0.3) is 11.6 Å². The van der Waals surface area contributed by atoms with E-state index in [2.05, 4.69) is 0 Å². The predicted octanol–water partition coefficient (Wildman–Crippen LogP) is 2.85. The molecule has 1 aromatic carbocycles. The molecule has 1 amide bonds. The van der Waals surface area contributed by atoms with Gasteiger partial charge < -0.3 is 14.5 Å². The normalized spacial score (nSPS) is 16.3. The third kappa shape index (κ3) is 5.36. The van der Waals surface area contributed by atoms with E-state index < -0.39 is 40.3 Å². The highest BCUT2D eigenvalue weighted by atomic mass is 19.4. The summed E-state index contributed by atoms with van der Waals surface area (Å²) in [5, 5.41) is 11.3. The van der Waals surface area contributed by atoms with Crippen molar-refractivity contribution in [3.63, 3.8) is 0 Å². The van der Waals surface area contributed by atoms with Gasteiger partial charge in [0.2, 0.25) is 0 Å². The van der Waals surface area contributed by atoms with Crippen LogP contribution < -0.4 is 4.90 Å². The molecule has 0 spiro atoms. The Labute approximate surface area is 165 Å². The summed E-state index contributed by atoms with van der Waals surface area (Å²) in [7, 11) is 3.09. The second kappa shape index (κ2) is 8.66. The van der Waals surface area contributed by atoms with Crippen molar-refractivity contribution in [1.82, 2.24) is 4.90 Å². The van der Waals surface area contributed by atoms with Crippen LogP contribution >= 0.6 is 0 Å². The van der Waals surface area contributed by atoms with Gasteiger partial charge in [-0.1, -0.05) is 0 Å². The van der Waals surface area contributed by atoms with Gasteiger partial charge in [-0.2, -0.15) is 13.2 Å². The van der Waals surface area contributed by atoms with Gasteiger partial charge in [0, 0.05) is 33.3 Å². The maximum absolute atomic E-state index is 12.8. The molecule has 1 aliphatic rings. The lowest BCUT2D eigenvalue weighted by Gasteiger charge is -2.32. The number of ether oxygens (including phenoxy) is 1. The highest BCUT2D eigenvalue weighted by molar-refractivity contribution is 5.83. The van der Waals surface area contributed by atoms with Crippen molar-refractivity contribution >= 4 is 23.3 Å². The first-order valence-electron chi connectivity index (χ1n) is 8.94. The van der Waals surface area contributed by atoms with Crippen LogP contribution in [0.2, 0.25) is 0 Å². The number of anilines is 1. The van der Waals surface area contributed by atoms with Gasteiger partial charge in [-0.05, 0) is 31.9 Å². The average molecular weight is 417 g/mol. The van der Waals surface area contributed by atoms with Crippen LogP contribution in [0.1, 0.15) is 25.3 Å². The van der Waals surface area contributed by atoms with Crippen LogP contribution in [0.5, 0.6) is 0 Å². The Morgan fingerprint density at radius 3 is 2.34 bits per heavy atom. The zero-order valence-electron chi connectivity index (χ0n) is 16.2. The van der Waals surface area contributed by atoms with Crippen LogP contribution in [-0.2, 0) is 20.5 Å². The number of rotatable bonds is 5. The van der Waals surface area contributed by atoms with Crippen molar-refractivity contribution in [2.24, 2.45) is 5.92 Å². The molecule has 1 atom stereocenters. The van der Waals surface area contributed by atoms with E-state index in [9.17, 15) is 32.9 Å². The molecule has 0 radical (unpaired) electrons. The lowest BCUT2D eigenvalue weighted by molar-refractivity contribution is -0.384. The minimum atomic E-state index is -4.68. The van der Waals surface area contributed by atoms with E-state index >= 15 is 0 Å². The van der Waals surface area contributed by atoms with Crippen LogP contribution in [0.15, 0.2) is 18.2 Å². The number of nitro benzene ring substituents is 1. The summed E-state index contributed by atoms with van der Waals surface area (Å²) in [5.74, 6) is -1.37. The van der Waals surface area contributed by atoms with Crippen LogP contribution in [0, 0.1) is 16.0 Å². The number of nitrogens with zero attached hydrogens (tertiary/aromatic N) is 3. The molecule has 1 heterocycles. The number of likely N-dealkylation sites (N-methyl/N-ethyl adjacent to an activating group) is 1. The van der Waals surface area contributed by atoms with Gasteiger partial charge >= 0.3 is 12.1 Å². The molecule has 0 unspecified atom stereocenters. The van der Waals surface area contributed by atoms with Gasteiger partial charge in [-0.3, -0.25) is 19.7 Å². The lowest BCUT2D eigenvalue weighted by atomic mass is 9.96. The molecule has 1 aliphatic heterocycles. The number of nitro groups is 1. The van der Waals surface area contributed by atoms with Crippen LogP contribution in [0.3, 0.4) is 0 Å². The summed E-state index contributed by atoms with van der Waals surface area (Å²) in [6.45, 7) is 1.95. The third-order valence-electron chi connectivity index (χ3n) is 4.75. The van der Waals surface area contributed by atoms with Crippen molar-refractivity contribution in [3.05, 3.63) is 33.9 Å². The minimum Gasteiger partial charge on any atom is -0.452 e. The van der Waals surface area contributed by atoms with Crippen LogP contribution in [-0.4, -0.2) is 55.0 Å². The molecular formula is C18H22F3N3O5. The Bertz CT molecular complexity index is 789. The molecule has 0 bridgehead atoms. The topological polar surface area (TPSA) is 93.0 Å². The maximum Gasteiger partial charge on any atom is 0.416 e. The molecule has 11 heteroatoms. The fourth-order valence-corrected chi connectivity index (χ4v) is 3.15. The smallest absolute Gasteiger partial charge is 0.416 e. The average Bonchev–Trinajstić information content (AvgIpc) is 2.66. The lowest BCUT2D eigenvalue weighted by Crippen LogP contribution is -2.40. The maximum atomic E-state index is 12.8. The Kier molecular flexibility index (Phi) is 6.70. The predicted molar refractivity (Wildman–Crippen MR) is 97.3 cm³/mol. The standard InChI is InChI=1S/C18H22F3N3O5/c1-11(16(25)22(2)3)29-17(26)12-6-8-23(9-7-12)14-5-4-13(18(19,20)21)10-15(14)24(27)28/h4-5,10-12H,6-9H2,1-3H3/t11-/m0/s1. The van der Waals surface area contributed by atoms with Gasteiger partial charge in [0.15, 0.2) is 6.10 Å². The fourth-order valence-electron chi connectivity index (χ4n) is 3.15. The number of benzene rings is 1. The monoisotopic (exact) mass is 417 g/mol. The number of carbonyl (C=O) groups excluding carboxylic acids is 2. The largest absolute Gasteiger partial charge is 0.452 e. The zero-order valence-corrected chi connectivity index (χ0v) is 16.2. The molecule has 160 valence electrons. The van der Waals surface area contributed by atoms with Gasteiger partial charge in [-0.15, -0.1) is 0 Å². The molecule has 0 saturated carbocycles. The van der Waals surface area contributed by atoms with Gasteiger partial charge in [0.1, 0.15) is 5.69 Å². The fraction of sp³-hybridized carbons (Fsp3) is 0.556. The molecule has 1 aromatic rings. The quantitative estimate of drug-likeness (QED) is 0.416. The highest BCUT2D eigenvalue weighted by Crippen LogP contribution is 2.37. The number of amides is 1. The molecule has 0 aliphatic carbocycles. The molecular weight excluding hydrogens is 395 g/mol. The molecule has 29 heavy (non-hydrogen) atoms. The Morgan fingerprint density at radius 1 is 1.28 bits per heavy atom. The number of hydrogen-bond acceptors (Lipinski definition) is 6. The van der Waals surface area contributed by atoms with Crippen molar-refractivity contribution in [2.45, 2.75) is 32.0 Å². The van der Waals surface area contributed by atoms with E-state index in [1.54, 1.807) is 19.0 Å². The van der Waals surface area contributed by atoms with E-state index in [4.69, 9.17) is 4.74 Å². The van der Waals surface area contributed by atoms with E-state index in [1.165, 1.54) is 11.8 Å². The van der Waals surface area contributed by atoms with Gasteiger partial charge in [-0.25, -0.2) is 0 Å². The number of alkyl halides is 3. The number of piperidine rings is 1. The second-order valence-electron chi connectivity index (χ2n) is 7.03. The Morgan fingerprint density at radius 2 is 1.86 bits per heavy atom. The molecule has 0 N–H and O–H groups in total. The first kappa shape index (κ1) is 22.4. The van der Waals surface area contributed by atoms with Crippen LogP contribution in [0.4, 0.5) is 24.5 Å². The Hall–Kier alpha value is -2.85. The van der Waals surface area contributed by atoms with E-state index in [0.717, 1.165) is 12.1 Å². The zero-order chi connectivity index (χ0) is 21.9. The number of hydrogen-bond donors (Lipinski definition) is 0. The second-order valence-corrected chi connectivity index (χ2v) is 7.03. The molecule has 0 aromatic heterocycles. The summed E-state index contributed by atoms with van der Waals surface area (Å²) in [6, 6.07) is 2.40. The SMILES string of the molecule is C[C@H](OC(=O)C1CCN(c2ccc(C(F)(F)F)cc2[N+](=O)[O-])CC1)C(=O)N(C)C. The first-order valence-corrected chi connectivity index (χ1v) is 8.94. The number of esters is 1. The molecule has 8 nitrogen and oxygen atoms in total. The Balaban J connectivity index is 2.06.